The van der Waals surface area contributed by atoms with Crippen molar-refractivity contribution in [3.05, 3.63) is 29.9 Å². The highest BCUT2D eigenvalue weighted by atomic mass is 16.5. The van der Waals surface area contributed by atoms with Gasteiger partial charge < -0.3 is 19.5 Å². The molecule has 0 spiro atoms. The highest BCUT2D eigenvalue weighted by Gasteiger charge is 2.31. The van der Waals surface area contributed by atoms with E-state index in [4.69, 9.17) is 9.26 Å². The van der Waals surface area contributed by atoms with Crippen LogP contribution in [0.1, 0.15) is 32.5 Å². The van der Waals surface area contributed by atoms with Crippen molar-refractivity contribution in [2.24, 2.45) is 5.41 Å². The summed E-state index contributed by atoms with van der Waals surface area (Å²) < 4.78 is 10.8. The molecule has 7 heteroatoms. The average molecular weight is 330 g/mol. The number of rotatable bonds is 3. The smallest absolute Gasteiger partial charge is 0.245 e. The Morgan fingerprint density at radius 3 is 2.83 bits per heavy atom. The van der Waals surface area contributed by atoms with Crippen LogP contribution in [0, 0.1) is 12.3 Å². The number of amides is 1. The van der Waals surface area contributed by atoms with Crippen molar-refractivity contribution in [1.29, 1.82) is 0 Å². The van der Waals surface area contributed by atoms with Gasteiger partial charge >= 0.3 is 0 Å². The van der Waals surface area contributed by atoms with Crippen LogP contribution in [0.5, 0.6) is 5.75 Å². The van der Waals surface area contributed by atoms with Gasteiger partial charge in [-0.1, -0.05) is 25.9 Å². The van der Waals surface area contributed by atoms with E-state index in [-0.39, 0.29) is 5.91 Å². The molecule has 7 nitrogen and oxygen atoms in total. The summed E-state index contributed by atoms with van der Waals surface area (Å²) in [7, 11) is 0. The van der Waals surface area contributed by atoms with Gasteiger partial charge in [0.15, 0.2) is 5.82 Å². The Morgan fingerprint density at radius 1 is 1.38 bits per heavy atom. The molecule has 3 rings (SSSR count). The molecule has 0 radical (unpaired) electrons. The molecular formula is C17H22N4O3. The highest BCUT2D eigenvalue weighted by molar-refractivity contribution is 5.99. The Labute approximate surface area is 141 Å². The van der Waals surface area contributed by atoms with Gasteiger partial charge in [-0.2, -0.15) is 4.98 Å². The second kappa shape index (κ2) is 6.14. The molecule has 1 aliphatic rings. The third kappa shape index (κ3) is 3.34. The lowest BCUT2D eigenvalue weighted by Crippen LogP contribution is -2.44. The zero-order chi connectivity index (χ0) is 17.3. The Kier molecular flexibility index (Phi) is 4.17. The summed E-state index contributed by atoms with van der Waals surface area (Å²) in [6.45, 7) is 9.02. The molecule has 0 atom stereocenters. The van der Waals surface area contributed by atoms with Crippen LogP contribution < -0.4 is 15.0 Å². The molecule has 128 valence electrons. The summed E-state index contributed by atoms with van der Waals surface area (Å²) in [5.74, 6) is 1.92. The lowest BCUT2D eigenvalue weighted by molar-refractivity contribution is -0.126. The largest absolute Gasteiger partial charge is 0.490 e. The Morgan fingerprint density at radius 2 is 2.17 bits per heavy atom. The predicted octanol–water partition coefficient (Wildman–Crippen LogP) is 2.76. The fraction of sp³-hybridized carbons (Fsp3) is 0.471. The number of aryl methyl sites for hydroxylation is 1. The summed E-state index contributed by atoms with van der Waals surface area (Å²) in [6.07, 6.45) is 0. The molecule has 1 aliphatic heterocycles. The molecule has 0 saturated carbocycles. The van der Waals surface area contributed by atoms with Gasteiger partial charge in [0.2, 0.25) is 11.8 Å². The zero-order valence-corrected chi connectivity index (χ0v) is 14.4. The number of anilines is 2. The van der Waals surface area contributed by atoms with Crippen LogP contribution in [0.15, 0.2) is 22.7 Å². The number of nitrogens with zero attached hydrogens (tertiary/aromatic N) is 3. The van der Waals surface area contributed by atoms with Crippen molar-refractivity contribution in [1.82, 2.24) is 10.1 Å². The zero-order valence-electron chi connectivity index (χ0n) is 14.4. The van der Waals surface area contributed by atoms with Crippen molar-refractivity contribution in [2.45, 2.75) is 34.2 Å². The van der Waals surface area contributed by atoms with Gasteiger partial charge in [-0.3, -0.25) is 4.79 Å². The first kappa shape index (κ1) is 16.3. The van der Waals surface area contributed by atoms with Crippen LogP contribution in [0.4, 0.5) is 11.4 Å². The predicted molar refractivity (Wildman–Crippen MR) is 90.1 cm³/mol. The van der Waals surface area contributed by atoms with E-state index in [0.29, 0.717) is 31.4 Å². The lowest BCUT2D eigenvalue weighted by Gasteiger charge is -2.34. The van der Waals surface area contributed by atoms with Crippen molar-refractivity contribution < 1.29 is 14.1 Å². The second-order valence-corrected chi connectivity index (χ2v) is 6.83. The van der Waals surface area contributed by atoms with Gasteiger partial charge in [-0.25, -0.2) is 0 Å². The quantitative estimate of drug-likeness (QED) is 0.932. The number of carbonyl (C=O) groups is 1. The number of carbonyl (C=O) groups excluding carboxylic acids is 1. The van der Waals surface area contributed by atoms with Crippen molar-refractivity contribution in [3.63, 3.8) is 0 Å². The molecule has 0 fully saturated rings. The maximum Gasteiger partial charge on any atom is 0.245 e. The first-order valence-electron chi connectivity index (χ1n) is 7.96. The van der Waals surface area contributed by atoms with Crippen LogP contribution in [0.25, 0.3) is 0 Å². The van der Waals surface area contributed by atoms with E-state index in [9.17, 15) is 4.79 Å². The average Bonchev–Trinajstić information content (AvgIpc) is 2.96. The van der Waals surface area contributed by atoms with Crippen molar-refractivity contribution in [3.8, 4) is 5.75 Å². The molecule has 2 aromatic rings. The van der Waals surface area contributed by atoms with Crippen LogP contribution in [-0.4, -0.2) is 29.2 Å². The Hall–Kier alpha value is -2.57. The number of fused-ring (bicyclic) bond motifs is 1. The third-order valence-corrected chi connectivity index (χ3v) is 3.72. The van der Waals surface area contributed by atoms with Gasteiger partial charge in [0.25, 0.3) is 0 Å². The van der Waals surface area contributed by atoms with E-state index in [2.05, 4.69) is 15.5 Å². The second-order valence-electron chi connectivity index (χ2n) is 6.83. The standard InChI is InChI=1S/C17H22N4O3/c1-11-19-15(24-20-11)10-18-12-5-6-14-13(9-12)21(7-8-23-14)16(22)17(2,3)4/h5-6,9,18H,7-8,10H2,1-4H3. The Balaban J connectivity index is 1.81. The maximum absolute atomic E-state index is 12.7. The minimum Gasteiger partial charge on any atom is -0.490 e. The summed E-state index contributed by atoms with van der Waals surface area (Å²) in [5.41, 5.74) is 1.20. The number of hydrogen-bond donors (Lipinski definition) is 1. The number of hydrogen-bond acceptors (Lipinski definition) is 6. The fourth-order valence-corrected chi connectivity index (χ4v) is 2.53. The number of aromatic nitrogens is 2. The molecule has 24 heavy (non-hydrogen) atoms. The SMILES string of the molecule is Cc1noc(CNc2ccc3c(c2)N(C(=O)C(C)(C)C)CCO3)n1. The maximum atomic E-state index is 12.7. The van der Waals surface area contributed by atoms with Gasteiger partial charge in [0, 0.05) is 11.1 Å². The van der Waals surface area contributed by atoms with Crippen molar-refractivity contribution >= 4 is 17.3 Å². The summed E-state index contributed by atoms with van der Waals surface area (Å²) in [4.78, 5) is 18.6. The molecule has 1 aromatic heterocycles. The van der Waals surface area contributed by atoms with Gasteiger partial charge in [-0.05, 0) is 25.1 Å². The van der Waals surface area contributed by atoms with E-state index >= 15 is 0 Å². The van der Waals surface area contributed by atoms with Gasteiger partial charge in [0.05, 0.1) is 18.8 Å². The first-order chi connectivity index (χ1) is 11.3. The molecular weight excluding hydrogens is 308 g/mol. The number of ether oxygens (including phenoxy) is 1. The molecule has 1 aromatic carbocycles. The third-order valence-electron chi connectivity index (χ3n) is 3.72. The molecule has 1 amide bonds. The number of benzene rings is 1. The molecule has 1 N–H and O–H groups in total. The van der Waals surface area contributed by atoms with Gasteiger partial charge in [0.1, 0.15) is 12.4 Å². The summed E-state index contributed by atoms with van der Waals surface area (Å²) in [5, 5.41) is 7.00. The molecule has 0 aliphatic carbocycles. The van der Waals surface area contributed by atoms with Crippen molar-refractivity contribution in [2.75, 3.05) is 23.4 Å². The number of nitrogens with one attached hydrogen (secondary N) is 1. The first-order valence-corrected chi connectivity index (χ1v) is 7.96. The molecule has 2 heterocycles. The lowest BCUT2D eigenvalue weighted by atomic mass is 9.94. The highest BCUT2D eigenvalue weighted by Crippen LogP contribution is 2.36. The minimum atomic E-state index is -0.445. The molecule has 0 unspecified atom stereocenters. The minimum absolute atomic E-state index is 0.0803. The fourth-order valence-electron chi connectivity index (χ4n) is 2.53. The topological polar surface area (TPSA) is 80.5 Å². The Bertz CT molecular complexity index is 749. The summed E-state index contributed by atoms with van der Waals surface area (Å²) >= 11 is 0. The van der Waals surface area contributed by atoms with E-state index in [1.54, 1.807) is 11.8 Å². The monoisotopic (exact) mass is 330 g/mol. The molecule has 0 saturated heterocycles. The van der Waals surface area contributed by atoms with Crippen LogP contribution in [0.2, 0.25) is 0 Å². The van der Waals surface area contributed by atoms with Crippen LogP contribution in [-0.2, 0) is 11.3 Å². The van der Waals surface area contributed by atoms with Gasteiger partial charge in [-0.15, -0.1) is 0 Å². The van der Waals surface area contributed by atoms with E-state index < -0.39 is 5.41 Å². The normalized spacial score (nSPS) is 14.1. The summed E-state index contributed by atoms with van der Waals surface area (Å²) in [6, 6.07) is 5.70. The van der Waals surface area contributed by atoms with E-state index in [1.165, 1.54) is 0 Å². The van der Waals surface area contributed by atoms with Crippen LogP contribution >= 0.6 is 0 Å². The molecule has 0 bridgehead atoms. The van der Waals surface area contributed by atoms with E-state index in [0.717, 1.165) is 17.1 Å². The van der Waals surface area contributed by atoms with E-state index in [1.807, 2.05) is 39.0 Å². The van der Waals surface area contributed by atoms with Crippen LogP contribution in [0.3, 0.4) is 0 Å².